The lowest BCUT2D eigenvalue weighted by molar-refractivity contribution is 0.446. The van der Waals surface area contributed by atoms with Crippen molar-refractivity contribution in [3.63, 3.8) is 0 Å². The first-order valence-electron chi connectivity index (χ1n) is 5.68. The summed E-state index contributed by atoms with van der Waals surface area (Å²) in [4.78, 5) is 6.65. The Kier molecular flexibility index (Phi) is 3.21. The molecular weight excluding hydrogens is 186 g/mol. The van der Waals surface area contributed by atoms with Crippen LogP contribution in [0.25, 0.3) is 0 Å². The second-order valence-corrected chi connectivity index (χ2v) is 4.45. The Bertz CT molecular complexity index is 324. The molecule has 3 heteroatoms. The molecule has 0 aliphatic carbocycles. The van der Waals surface area contributed by atoms with Gasteiger partial charge in [0.25, 0.3) is 0 Å². The number of hydrogen-bond donors (Lipinski definition) is 1. The van der Waals surface area contributed by atoms with E-state index >= 15 is 0 Å². The summed E-state index contributed by atoms with van der Waals surface area (Å²) in [7, 11) is 0. The minimum absolute atomic E-state index is 0.574. The maximum absolute atomic E-state index is 5.62. The lowest BCUT2D eigenvalue weighted by Crippen LogP contribution is -2.34. The van der Waals surface area contributed by atoms with Crippen molar-refractivity contribution in [2.45, 2.75) is 26.3 Å². The lowest BCUT2D eigenvalue weighted by atomic mass is 10.00. The Balaban J connectivity index is 2.13. The van der Waals surface area contributed by atoms with Gasteiger partial charge in [0.05, 0.1) is 11.9 Å². The van der Waals surface area contributed by atoms with E-state index in [0.29, 0.717) is 6.54 Å². The van der Waals surface area contributed by atoms with Crippen molar-refractivity contribution in [2.75, 3.05) is 18.0 Å². The van der Waals surface area contributed by atoms with E-state index in [1.807, 2.05) is 12.4 Å². The number of piperidine rings is 1. The zero-order chi connectivity index (χ0) is 10.7. The van der Waals surface area contributed by atoms with Gasteiger partial charge in [-0.15, -0.1) is 0 Å². The van der Waals surface area contributed by atoms with Crippen molar-refractivity contribution in [2.24, 2.45) is 11.7 Å². The Morgan fingerprint density at radius 3 is 3.13 bits per heavy atom. The minimum Gasteiger partial charge on any atom is -0.370 e. The maximum Gasteiger partial charge on any atom is 0.0556 e. The van der Waals surface area contributed by atoms with Crippen LogP contribution >= 0.6 is 0 Å². The molecule has 0 radical (unpaired) electrons. The number of anilines is 1. The third-order valence-electron chi connectivity index (χ3n) is 3.04. The van der Waals surface area contributed by atoms with Crippen LogP contribution in [0.3, 0.4) is 0 Å². The van der Waals surface area contributed by atoms with Gasteiger partial charge in [-0.25, -0.2) is 0 Å². The second kappa shape index (κ2) is 4.62. The number of aromatic nitrogens is 1. The lowest BCUT2D eigenvalue weighted by Gasteiger charge is -2.32. The van der Waals surface area contributed by atoms with Crippen LogP contribution in [-0.2, 0) is 6.54 Å². The summed E-state index contributed by atoms with van der Waals surface area (Å²) in [5.74, 6) is 0.792. The maximum atomic E-state index is 5.62. The van der Waals surface area contributed by atoms with Crippen LogP contribution in [-0.4, -0.2) is 18.1 Å². The SMILES string of the molecule is C[C@@H]1CCCN(c2cncc(CN)c2)C1. The van der Waals surface area contributed by atoms with Gasteiger partial charge in [0.15, 0.2) is 0 Å². The summed E-state index contributed by atoms with van der Waals surface area (Å²) in [6.45, 7) is 5.19. The van der Waals surface area contributed by atoms with Crippen LogP contribution in [0.5, 0.6) is 0 Å². The zero-order valence-electron chi connectivity index (χ0n) is 9.32. The molecule has 1 fully saturated rings. The van der Waals surface area contributed by atoms with Crippen molar-refractivity contribution in [3.05, 3.63) is 24.0 Å². The Labute approximate surface area is 91.3 Å². The summed E-state index contributed by atoms with van der Waals surface area (Å²) in [5.41, 5.74) is 7.96. The smallest absolute Gasteiger partial charge is 0.0556 e. The number of hydrogen-bond acceptors (Lipinski definition) is 3. The summed E-state index contributed by atoms with van der Waals surface area (Å²) in [6.07, 6.45) is 6.42. The van der Waals surface area contributed by atoms with E-state index in [2.05, 4.69) is 22.9 Å². The molecule has 82 valence electrons. The quantitative estimate of drug-likeness (QED) is 0.800. The molecule has 1 aromatic heterocycles. The van der Waals surface area contributed by atoms with E-state index in [1.54, 1.807) is 0 Å². The highest BCUT2D eigenvalue weighted by Crippen LogP contribution is 2.22. The van der Waals surface area contributed by atoms with Crippen LogP contribution in [0.2, 0.25) is 0 Å². The standard InChI is InChI=1S/C12H19N3/c1-10-3-2-4-15(9-10)12-5-11(6-13)7-14-8-12/h5,7-8,10H,2-4,6,9,13H2,1H3/t10-/m1/s1. The van der Waals surface area contributed by atoms with Gasteiger partial charge in [0, 0.05) is 25.8 Å². The average molecular weight is 205 g/mol. The highest BCUT2D eigenvalue weighted by molar-refractivity contribution is 5.46. The number of nitrogens with zero attached hydrogens (tertiary/aromatic N) is 2. The van der Waals surface area contributed by atoms with Crippen LogP contribution in [0.15, 0.2) is 18.5 Å². The first-order chi connectivity index (χ1) is 7.29. The van der Waals surface area contributed by atoms with Crippen LogP contribution in [0.4, 0.5) is 5.69 Å². The van der Waals surface area contributed by atoms with Gasteiger partial charge < -0.3 is 10.6 Å². The first-order valence-corrected chi connectivity index (χ1v) is 5.68. The minimum atomic E-state index is 0.574. The predicted octanol–water partition coefficient (Wildman–Crippen LogP) is 1.78. The van der Waals surface area contributed by atoms with Crippen LogP contribution in [0, 0.1) is 5.92 Å². The fourth-order valence-corrected chi connectivity index (χ4v) is 2.18. The van der Waals surface area contributed by atoms with Gasteiger partial charge in [-0.1, -0.05) is 6.92 Å². The van der Waals surface area contributed by atoms with Crippen LogP contribution in [0.1, 0.15) is 25.3 Å². The molecule has 1 aliphatic heterocycles. The number of pyridine rings is 1. The van der Waals surface area contributed by atoms with E-state index in [9.17, 15) is 0 Å². The molecule has 2 rings (SSSR count). The fraction of sp³-hybridized carbons (Fsp3) is 0.583. The van der Waals surface area contributed by atoms with Crippen molar-refractivity contribution in [3.8, 4) is 0 Å². The summed E-state index contributed by atoms with van der Waals surface area (Å²) in [5, 5.41) is 0. The molecule has 3 nitrogen and oxygen atoms in total. The first kappa shape index (κ1) is 10.4. The monoisotopic (exact) mass is 205 g/mol. The van der Waals surface area contributed by atoms with Crippen molar-refractivity contribution in [1.29, 1.82) is 0 Å². The van der Waals surface area contributed by atoms with E-state index in [-0.39, 0.29) is 0 Å². The van der Waals surface area contributed by atoms with E-state index < -0.39 is 0 Å². The van der Waals surface area contributed by atoms with Crippen LogP contribution < -0.4 is 10.6 Å². The molecule has 0 saturated carbocycles. The third-order valence-corrected chi connectivity index (χ3v) is 3.04. The van der Waals surface area contributed by atoms with Gasteiger partial charge in [-0.2, -0.15) is 0 Å². The largest absolute Gasteiger partial charge is 0.370 e. The molecule has 2 N–H and O–H groups in total. The highest BCUT2D eigenvalue weighted by Gasteiger charge is 2.16. The van der Waals surface area contributed by atoms with Gasteiger partial charge in [-0.05, 0) is 30.4 Å². The van der Waals surface area contributed by atoms with Crippen molar-refractivity contribution >= 4 is 5.69 Å². The third kappa shape index (κ3) is 2.48. The fourth-order valence-electron chi connectivity index (χ4n) is 2.18. The van der Waals surface area contributed by atoms with Gasteiger partial charge in [0.2, 0.25) is 0 Å². The zero-order valence-corrected chi connectivity index (χ0v) is 9.32. The van der Waals surface area contributed by atoms with Gasteiger partial charge >= 0.3 is 0 Å². The van der Waals surface area contributed by atoms with Crippen molar-refractivity contribution < 1.29 is 0 Å². The normalized spacial score (nSPS) is 21.7. The summed E-state index contributed by atoms with van der Waals surface area (Å²) in [6, 6.07) is 2.16. The van der Waals surface area contributed by atoms with Gasteiger partial charge in [-0.3, -0.25) is 4.98 Å². The average Bonchev–Trinajstić information content (AvgIpc) is 2.29. The molecule has 0 amide bonds. The molecule has 0 unspecified atom stereocenters. The Morgan fingerprint density at radius 2 is 2.40 bits per heavy atom. The molecule has 2 heterocycles. The Morgan fingerprint density at radius 1 is 1.53 bits per heavy atom. The van der Waals surface area contributed by atoms with E-state index in [4.69, 9.17) is 5.73 Å². The molecule has 1 aliphatic rings. The molecule has 1 aromatic rings. The molecule has 1 saturated heterocycles. The van der Waals surface area contributed by atoms with Gasteiger partial charge in [0.1, 0.15) is 0 Å². The number of nitrogens with two attached hydrogens (primary N) is 1. The molecule has 0 spiro atoms. The predicted molar refractivity (Wildman–Crippen MR) is 62.7 cm³/mol. The molecular formula is C12H19N3. The summed E-state index contributed by atoms with van der Waals surface area (Å²) >= 11 is 0. The molecule has 1 atom stereocenters. The topological polar surface area (TPSA) is 42.2 Å². The number of rotatable bonds is 2. The summed E-state index contributed by atoms with van der Waals surface area (Å²) < 4.78 is 0. The Hall–Kier alpha value is -1.09. The van der Waals surface area contributed by atoms with E-state index in [1.165, 1.54) is 18.5 Å². The van der Waals surface area contributed by atoms with E-state index in [0.717, 1.165) is 24.6 Å². The van der Waals surface area contributed by atoms with Crippen molar-refractivity contribution in [1.82, 2.24) is 4.98 Å². The highest BCUT2D eigenvalue weighted by atomic mass is 15.1. The molecule has 0 bridgehead atoms. The second-order valence-electron chi connectivity index (χ2n) is 4.45. The molecule has 15 heavy (non-hydrogen) atoms. The molecule has 0 aromatic carbocycles.